The molecule has 3 nitrogen and oxygen atoms in total. The molecule has 0 aliphatic heterocycles. The minimum atomic E-state index is 0.0231. The smallest absolute Gasteiger partial charge is 0.127 e. The van der Waals surface area contributed by atoms with E-state index in [1.807, 2.05) is 19.9 Å². The van der Waals surface area contributed by atoms with Gasteiger partial charge in [-0.25, -0.2) is 0 Å². The molecule has 100 valence electrons. The average molecular weight is 258 g/mol. The maximum Gasteiger partial charge on any atom is 0.127 e. The van der Waals surface area contributed by atoms with Crippen molar-refractivity contribution in [3.05, 3.63) is 41.5 Å². The van der Waals surface area contributed by atoms with Crippen LogP contribution in [0.15, 0.2) is 30.3 Å². The zero-order chi connectivity index (χ0) is 14.0. The van der Waals surface area contributed by atoms with Crippen molar-refractivity contribution in [2.45, 2.75) is 26.7 Å². The van der Waals surface area contributed by atoms with E-state index in [-0.39, 0.29) is 17.2 Å². The fraction of sp³-hybridized carbons (Fsp3) is 0.250. The molecule has 0 fully saturated rings. The van der Waals surface area contributed by atoms with Gasteiger partial charge < -0.3 is 15.3 Å². The van der Waals surface area contributed by atoms with Crippen LogP contribution in [-0.2, 0) is 12.8 Å². The molecule has 0 radical (unpaired) electrons. The van der Waals surface area contributed by atoms with Crippen LogP contribution >= 0.6 is 0 Å². The first-order valence-corrected chi connectivity index (χ1v) is 6.44. The largest absolute Gasteiger partial charge is 0.508 e. The summed E-state index contributed by atoms with van der Waals surface area (Å²) in [7, 11) is 0. The van der Waals surface area contributed by atoms with Crippen LogP contribution in [0, 0.1) is 0 Å². The van der Waals surface area contributed by atoms with Crippen molar-refractivity contribution in [1.29, 1.82) is 0 Å². The summed E-state index contributed by atoms with van der Waals surface area (Å²) < 4.78 is 0. The number of hydrogen-bond donors (Lipinski definition) is 3. The van der Waals surface area contributed by atoms with Crippen LogP contribution in [0.3, 0.4) is 0 Å². The van der Waals surface area contributed by atoms with Crippen LogP contribution in [0.4, 0.5) is 0 Å². The molecule has 0 saturated heterocycles. The third kappa shape index (κ3) is 2.36. The number of benzene rings is 2. The lowest BCUT2D eigenvalue weighted by atomic mass is 9.90. The summed E-state index contributed by atoms with van der Waals surface area (Å²) in [5.74, 6) is 0.287. The van der Waals surface area contributed by atoms with Gasteiger partial charge in [0.2, 0.25) is 0 Å². The quantitative estimate of drug-likeness (QED) is 0.788. The summed E-state index contributed by atoms with van der Waals surface area (Å²) in [6.07, 6.45) is 1.48. The molecule has 2 aromatic carbocycles. The van der Waals surface area contributed by atoms with Crippen LogP contribution < -0.4 is 0 Å². The summed E-state index contributed by atoms with van der Waals surface area (Å²) in [4.78, 5) is 0. The van der Waals surface area contributed by atoms with Crippen LogP contribution in [0.5, 0.6) is 17.2 Å². The van der Waals surface area contributed by atoms with Crippen LogP contribution in [0.25, 0.3) is 11.1 Å². The summed E-state index contributed by atoms with van der Waals surface area (Å²) >= 11 is 0. The second-order valence-electron chi connectivity index (χ2n) is 4.51. The highest BCUT2D eigenvalue weighted by Crippen LogP contribution is 2.39. The van der Waals surface area contributed by atoms with Gasteiger partial charge in [0.1, 0.15) is 17.2 Å². The van der Waals surface area contributed by atoms with Gasteiger partial charge in [0.25, 0.3) is 0 Å². The Balaban J connectivity index is 2.75. The zero-order valence-corrected chi connectivity index (χ0v) is 11.1. The molecule has 0 unspecified atom stereocenters. The molecule has 3 N–H and O–H groups in total. The second kappa shape index (κ2) is 5.22. The molecule has 0 aliphatic carbocycles. The molecule has 0 bridgehead atoms. The molecule has 0 saturated carbocycles. The van der Waals surface area contributed by atoms with Gasteiger partial charge in [-0.2, -0.15) is 0 Å². The van der Waals surface area contributed by atoms with Gasteiger partial charge in [0.05, 0.1) is 0 Å². The van der Waals surface area contributed by atoms with E-state index in [1.165, 1.54) is 12.1 Å². The molecular weight excluding hydrogens is 240 g/mol. The number of hydrogen-bond acceptors (Lipinski definition) is 3. The van der Waals surface area contributed by atoms with Crippen molar-refractivity contribution in [2.24, 2.45) is 0 Å². The highest BCUT2D eigenvalue weighted by atomic mass is 16.3. The third-order valence-corrected chi connectivity index (χ3v) is 3.36. The summed E-state index contributed by atoms with van der Waals surface area (Å²) in [6.45, 7) is 4.00. The molecule has 0 atom stereocenters. The standard InChI is InChI=1S/C16H18O3/c1-3-10-5-8-14(18)12(4-2)16(10)13-7-6-11(17)9-15(13)19/h5-9,17-19H,3-4H2,1-2H3. The molecule has 0 aliphatic rings. The fourth-order valence-electron chi connectivity index (χ4n) is 2.40. The Kier molecular flexibility index (Phi) is 3.65. The predicted octanol–water partition coefficient (Wildman–Crippen LogP) is 3.60. The maximum atomic E-state index is 10.0. The Morgan fingerprint density at radius 1 is 0.842 bits per heavy atom. The van der Waals surface area contributed by atoms with Gasteiger partial charge in [-0.05, 0) is 42.2 Å². The summed E-state index contributed by atoms with van der Waals surface area (Å²) in [5, 5.41) is 29.4. The number of rotatable bonds is 3. The van der Waals surface area contributed by atoms with E-state index in [0.717, 1.165) is 23.1 Å². The van der Waals surface area contributed by atoms with Gasteiger partial charge in [-0.3, -0.25) is 0 Å². The lowest BCUT2D eigenvalue weighted by Crippen LogP contribution is -1.95. The number of phenols is 3. The van der Waals surface area contributed by atoms with Crippen molar-refractivity contribution in [1.82, 2.24) is 0 Å². The minimum absolute atomic E-state index is 0.0231. The van der Waals surface area contributed by atoms with Crippen LogP contribution in [-0.4, -0.2) is 15.3 Å². The van der Waals surface area contributed by atoms with Gasteiger partial charge in [0, 0.05) is 17.2 Å². The molecule has 2 rings (SSSR count). The highest BCUT2D eigenvalue weighted by molar-refractivity contribution is 5.78. The van der Waals surface area contributed by atoms with E-state index in [2.05, 4.69) is 0 Å². The number of aromatic hydroxyl groups is 3. The average Bonchev–Trinajstić information content (AvgIpc) is 2.38. The normalized spacial score (nSPS) is 10.6. The van der Waals surface area contributed by atoms with Crippen molar-refractivity contribution < 1.29 is 15.3 Å². The van der Waals surface area contributed by atoms with Gasteiger partial charge in [0.15, 0.2) is 0 Å². The van der Waals surface area contributed by atoms with Gasteiger partial charge >= 0.3 is 0 Å². The molecule has 19 heavy (non-hydrogen) atoms. The molecule has 0 aromatic heterocycles. The SMILES string of the molecule is CCc1ccc(O)c(CC)c1-c1ccc(O)cc1O. The van der Waals surface area contributed by atoms with E-state index in [9.17, 15) is 15.3 Å². The van der Waals surface area contributed by atoms with E-state index < -0.39 is 0 Å². The number of aryl methyl sites for hydroxylation is 1. The highest BCUT2D eigenvalue weighted by Gasteiger charge is 2.16. The molecule has 0 heterocycles. The molecular formula is C16H18O3. The van der Waals surface area contributed by atoms with Crippen molar-refractivity contribution in [2.75, 3.05) is 0 Å². The molecule has 0 amide bonds. The zero-order valence-electron chi connectivity index (χ0n) is 11.1. The Labute approximate surface area is 112 Å². The van der Waals surface area contributed by atoms with Crippen molar-refractivity contribution in [3.8, 4) is 28.4 Å². The van der Waals surface area contributed by atoms with Gasteiger partial charge in [-0.1, -0.05) is 19.9 Å². The van der Waals surface area contributed by atoms with Crippen molar-refractivity contribution in [3.63, 3.8) is 0 Å². The Morgan fingerprint density at radius 3 is 2.16 bits per heavy atom. The van der Waals surface area contributed by atoms with Crippen LogP contribution in [0.1, 0.15) is 25.0 Å². The molecule has 3 heteroatoms. The number of phenolic OH excluding ortho intramolecular Hbond substituents is 3. The Hall–Kier alpha value is -2.16. The maximum absolute atomic E-state index is 10.0. The fourth-order valence-corrected chi connectivity index (χ4v) is 2.40. The lowest BCUT2D eigenvalue weighted by molar-refractivity contribution is 0.451. The van der Waals surface area contributed by atoms with E-state index in [1.54, 1.807) is 12.1 Å². The summed E-state index contributed by atoms with van der Waals surface area (Å²) in [6, 6.07) is 8.10. The second-order valence-corrected chi connectivity index (χ2v) is 4.51. The molecule has 2 aromatic rings. The first kappa shape index (κ1) is 13.3. The Morgan fingerprint density at radius 2 is 1.58 bits per heavy atom. The van der Waals surface area contributed by atoms with E-state index in [0.29, 0.717) is 12.0 Å². The van der Waals surface area contributed by atoms with Crippen molar-refractivity contribution >= 4 is 0 Å². The topological polar surface area (TPSA) is 60.7 Å². The van der Waals surface area contributed by atoms with Gasteiger partial charge in [-0.15, -0.1) is 0 Å². The first-order chi connectivity index (χ1) is 9.08. The Bertz CT molecular complexity index is 603. The van der Waals surface area contributed by atoms with E-state index >= 15 is 0 Å². The first-order valence-electron chi connectivity index (χ1n) is 6.44. The third-order valence-electron chi connectivity index (χ3n) is 3.36. The molecule has 0 spiro atoms. The summed E-state index contributed by atoms with van der Waals surface area (Å²) in [5.41, 5.74) is 3.39. The lowest BCUT2D eigenvalue weighted by Gasteiger charge is -2.16. The van der Waals surface area contributed by atoms with Crippen LogP contribution in [0.2, 0.25) is 0 Å². The predicted molar refractivity (Wildman–Crippen MR) is 75.6 cm³/mol. The van der Waals surface area contributed by atoms with E-state index in [4.69, 9.17) is 0 Å². The monoisotopic (exact) mass is 258 g/mol. The minimum Gasteiger partial charge on any atom is -0.508 e.